The molecule has 4 amide bonds. The Hall–Kier alpha value is -4.95. The minimum absolute atomic E-state index is 0.124. The maximum absolute atomic E-state index is 13.2. The van der Waals surface area contributed by atoms with Gasteiger partial charge in [-0.2, -0.15) is 0 Å². The van der Waals surface area contributed by atoms with Crippen LogP contribution in [-0.2, 0) is 4.79 Å². The molecule has 2 N–H and O–H groups in total. The normalized spacial score (nSPS) is 12.7. The van der Waals surface area contributed by atoms with Gasteiger partial charge < -0.3 is 10.6 Å². The van der Waals surface area contributed by atoms with E-state index in [1.165, 1.54) is 4.90 Å². The van der Waals surface area contributed by atoms with Crippen molar-refractivity contribution >= 4 is 47.2 Å². The van der Waals surface area contributed by atoms with Crippen LogP contribution in [0.15, 0.2) is 114 Å². The highest BCUT2D eigenvalue weighted by Gasteiger charge is 2.34. The van der Waals surface area contributed by atoms with Gasteiger partial charge in [0.25, 0.3) is 23.6 Å². The molecule has 1 aliphatic rings. The van der Waals surface area contributed by atoms with Crippen LogP contribution in [-0.4, -0.2) is 40.8 Å². The van der Waals surface area contributed by atoms with E-state index < -0.39 is 5.91 Å². The number of imide groups is 1. The number of rotatable bonds is 10. The Labute approximate surface area is 248 Å². The van der Waals surface area contributed by atoms with E-state index in [4.69, 9.17) is 0 Å². The molecule has 0 atom stereocenters. The van der Waals surface area contributed by atoms with Crippen molar-refractivity contribution in [3.8, 4) is 0 Å². The van der Waals surface area contributed by atoms with Crippen LogP contribution in [0.1, 0.15) is 48.6 Å². The van der Waals surface area contributed by atoms with Crippen LogP contribution in [0, 0.1) is 6.92 Å². The Morgan fingerprint density at radius 1 is 0.786 bits per heavy atom. The predicted octanol–water partition coefficient (Wildman–Crippen LogP) is 6.18. The third-order valence-electron chi connectivity index (χ3n) is 6.70. The number of hydrogen-bond acceptors (Lipinski definition) is 5. The van der Waals surface area contributed by atoms with Crippen LogP contribution in [0.5, 0.6) is 0 Å². The van der Waals surface area contributed by atoms with Crippen molar-refractivity contribution in [1.29, 1.82) is 0 Å². The zero-order chi connectivity index (χ0) is 29.5. The summed E-state index contributed by atoms with van der Waals surface area (Å²) in [6, 6.07) is 30.7. The van der Waals surface area contributed by atoms with Gasteiger partial charge in [-0.05, 0) is 79.3 Å². The van der Waals surface area contributed by atoms with Crippen molar-refractivity contribution in [2.75, 3.05) is 17.6 Å². The van der Waals surface area contributed by atoms with E-state index in [2.05, 4.69) is 10.6 Å². The highest BCUT2D eigenvalue weighted by molar-refractivity contribution is 7.99. The van der Waals surface area contributed by atoms with E-state index in [9.17, 15) is 19.2 Å². The smallest absolute Gasteiger partial charge is 0.272 e. The average Bonchev–Trinajstić information content (AvgIpc) is 3.26. The Morgan fingerprint density at radius 2 is 1.40 bits per heavy atom. The second-order valence-electron chi connectivity index (χ2n) is 9.78. The molecule has 0 saturated heterocycles. The van der Waals surface area contributed by atoms with E-state index in [0.29, 0.717) is 41.1 Å². The molecule has 210 valence electrons. The van der Waals surface area contributed by atoms with E-state index in [-0.39, 0.29) is 23.4 Å². The standard InChI is InChI=1S/C34H29N3O4S/c1-23-12-14-24(15-13-23)22-30(36-31(38)25-8-3-2-4-9-25)32(39)35-26-16-18-27(19-17-26)42-21-7-20-37-33(40)28-10-5-6-11-29(28)34(37)41/h2-6,8-19,22H,7,20-21H2,1H3,(H,35,39)(H,36,38)/b30-22-. The third kappa shape index (κ3) is 6.85. The van der Waals surface area contributed by atoms with Crippen molar-refractivity contribution in [2.45, 2.75) is 18.2 Å². The van der Waals surface area contributed by atoms with Crippen molar-refractivity contribution in [2.24, 2.45) is 0 Å². The lowest BCUT2D eigenvalue weighted by Gasteiger charge is -2.13. The number of fused-ring (bicyclic) bond motifs is 1. The predicted molar refractivity (Wildman–Crippen MR) is 165 cm³/mol. The van der Waals surface area contributed by atoms with Crippen LogP contribution in [0.25, 0.3) is 6.08 Å². The number of benzene rings is 4. The molecule has 0 fully saturated rings. The number of nitrogens with one attached hydrogen (secondary N) is 2. The maximum Gasteiger partial charge on any atom is 0.272 e. The van der Waals surface area contributed by atoms with Gasteiger partial charge in [0.1, 0.15) is 5.70 Å². The second-order valence-corrected chi connectivity index (χ2v) is 10.9. The molecule has 0 aliphatic carbocycles. The maximum atomic E-state index is 13.2. The van der Waals surface area contributed by atoms with Gasteiger partial charge in [-0.3, -0.25) is 24.1 Å². The Balaban J connectivity index is 1.17. The molecule has 42 heavy (non-hydrogen) atoms. The molecule has 0 aromatic heterocycles. The summed E-state index contributed by atoms with van der Waals surface area (Å²) in [5.41, 5.74) is 3.96. The fraction of sp³-hybridized carbons (Fsp3) is 0.118. The van der Waals surface area contributed by atoms with Crippen LogP contribution >= 0.6 is 11.8 Å². The first-order chi connectivity index (χ1) is 20.4. The molecular weight excluding hydrogens is 546 g/mol. The first-order valence-electron chi connectivity index (χ1n) is 13.5. The quantitative estimate of drug-likeness (QED) is 0.102. The van der Waals surface area contributed by atoms with Crippen molar-refractivity contribution in [3.05, 3.63) is 137 Å². The van der Waals surface area contributed by atoms with Gasteiger partial charge in [0.15, 0.2) is 0 Å². The highest BCUT2D eigenvalue weighted by atomic mass is 32.2. The molecule has 0 unspecified atom stereocenters. The summed E-state index contributed by atoms with van der Waals surface area (Å²) in [7, 11) is 0. The number of amides is 4. The number of hydrogen-bond donors (Lipinski definition) is 2. The average molecular weight is 576 g/mol. The fourth-order valence-electron chi connectivity index (χ4n) is 4.46. The first kappa shape index (κ1) is 28.6. The number of nitrogens with zero attached hydrogens (tertiary/aromatic N) is 1. The Morgan fingerprint density at radius 3 is 2.05 bits per heavy atom. The van der Waals surface area contributed by atoms with E-state index >= 15 is 0 Å². The summed E-state index contributed by atoms with van der Waals surface area (Å²) in [6.45, 7) is 2.34. The molecule has 0 radical (unpaired) electrons. The number of anilines is 1. The molecule has 0 saturated carbocycles. The van der Waals surface area contributed by atoms with Gasteiger partial charge in [0, 0.05) is 22.7 Å². The van der Waals surface area contributed by atoms with Gasteiger partial charge in [0.05, 0.1) is 11.1 Å². The second kappa shape index (κ2) is 13.1. The zero-order valence-corrected chi connectivity index (χ0v) is 23.8. The third-order valence-corrected chi connectivity index (χ3v) is 7.80. The summed E-state index contributed by atoms with van der Waals surface area (Å²) in [6.07, 6.45) is 2.30. The molecule has 8 heteroatoms. The van der Waals surface area contributed by atoms with Gasteiger partial charge in [0.2, 0.25) is 0 Å². The summed E-state index contributed by atoms with van der Waals surface area (Å²) in [5.74, 6) is -0.584. The lowest BCUT2D eigenvalue weighted by Crippen LogP contribution is -2.31. The van der Waals surface area contributed by atoms with E-state index in [0.717, 1.165) is 16.0 Å². The van der Waals surface area contributed by atoms with Crippen LogP contribution < -0.4 is 10.6 Å². The minimum atomic E-state index is -0.443. The molecule has 4 aromatic rings. The number of carbonyl (C=O) groups excluding carboxylic acids is 4. The topological polar surface area (TPSA) is 95.6 Å². The summed E-state index contributed by atoms with van der Waals surface area (Å²) < 4.78 is 0. The largest absolute Gasteiger partial charge is 0.321 e. The fourth-order valence-corrected chi connectivity index (χ4v) is 5.30. The van der Waals surface area contributed by atoms with Crippen molar-refractivity contribution in [1.82, 2.24) is 10.2 Å². The molecule has 7 nitrogen and oxygen atoms in total. The Bertz CT molecular complexity index is 1610. The zero-order valence-electron chi connectivity index (χ0n) is 23.0. The first-order valence-corrected chi connectivity index (χ1v) is 14.5. The van der Waals surface area contributed by atoms with E-state index in [1.54, 1.807) is 78.5 Å². The lowest BCUT2D eigenvalue weighted by atomic mass is 10.1. The van der Waals surface area contributed by atoms with Gasteiger partial charge in [-0.15, -0.1) is 11.8 Å². The number of carbonyl (C=O) groups is 4. The molecule has 5 rings (SSSR count). The summed E-state index contributed by atoms with van der Waals surface area (Å²) in [5, 5.41) is 5.62. The van der Waals surface area contributed by atoms with Gasteiger partial charge >= 0.3 is 0 Å². The van der Waals surface area contributed by atoms with Gasteiger partial charge in [-0.25, -0.2) is 0 Å². The van der Waals surface area contributed by atoms with Crippen molar-refractivity contribution in [3.63, 3.8) is 0 Å². The lowest BCUT2D eigenvalue weighted by molar-refractivity contribution is -0.113. The van der Waals surface area contributed by atoms with Gasteiger partial charge in [-0.1, -0.05) is 60.2 Å². The SMILES string of the molecule is Cc1ccc(/C=C(\NC(=O)c2ccccc2)C(=O)Nc2ccc(SCCCN3C(=O)c4ccccc4C3=O)cc2)cc1. The molecule has 1 aliphatic heterocycles. The molecule has 1 heterocycles. The van der Waals surface area contributed by atoms with Crippen molar-refractivity contribution < 1.29 is 19.2 Å². The molecule has 4 aromatic carbocycles. The summed E-state index contributed by atoms with van der Waals surface area (Å²) >= 11 is 1.60. The molecule has 0 bridgehead atoms. The van der Waals surface area contributed by atoms with Crippen LogP contribution in [0.2, 0.25) is 0 Å². The van der Waals surface area contributed by atoms with Crippen LogP contribution in [0.4, 0.5) is 5.69 Å². The molecular formula is C34H29N3O4S. The van der Waals surface area contributed by atoms with E-state index in [1.807, 2.05) is 49.4 Å². The highest BCUT2D eigenvalue weighted by Crippen LogP contribution is 2.25. The van der Waals surface area contributed by atoms with Crippen LogP contribution in [0.3, 0.4) is 0 Å². The monoisotopic (exact) mass is 575 g/mol. The molecule has 0 spiro atoms. The number of aryl methyl sites for hydroxylation is 1. The number of thioether (sulfide) groups is 1. The minimum Gasteiger partial charge on any atom is -0.321 e. The Kier molecular flexibility index (Phi) is 8.94. The summed E-state index contributed by atoms with van der Waals surface area (Å²) in [4.78, 5) is 53.4.